The summed E-state index contributed by atoms with van der Waals surface area (Å²) in [7, 11) is 1.92. The third kappa shape index (κ3) is 3.42. The molecule has 2 N–H and O–H groups in total. The van der Waals surface area contributed by atoms with Crippen molar-refractivity contribution in [2.24, 2.45) is 12.8 Å². The van der Waals surface area contributed by atoms with Gasteiger partial charge in [0.2, 0.25) is 0 Å². The minimum Gasteiger partial charge on any atom is -0.324 e. The van der Waals surface area contributed by atoms with E-state index in [1.165, 1.54) is 5.56 Å². The molecule has 17 heavy (non-hydrogen) atoms. The lowest BCUT2D eigenvalue weighted by molar-refractivity contribution is 0.734. The fourth-order valence-electron chi connectivity index (χ4n) is 1.28. The lowest BCUT2D eigenvalue weighted by Gasteiger charge is -2.01. The van der Waals surface area contributed by atoms with Gasteiger partial charge in [0.15, 0.2) is 5.16 Å². The Balaban J connectivity index is 0.00000144. The highest BCUT2D eigenvalue weighted by Gasteiger charge is 2.07. The fourth-order valence-corrected chi connectivity index (χ4v) is 2.14. The molecule has 0 unspecified atom stereocenters. The molecule has 0 aliphatic heterocycles. The molecule has 2 heterocycles. The summed E-state index contributed by atoms with van der Waals surface area (Å²) < 4.78 is 1.92. The van der Waals surface area contributed by atoms with Crippen molar-refractivity contribution >= 4 is 24.2 Å². The molecule has 2 aromatic heterocycles. The molecule has 92 valence electrons. The van der Waals surface area contributed by atoms with Crippen LogP contribution in [0.4, 0.5) is 0 Å². The van der Waals surface area contributed by atoms with Crippen LogP contribution in [0.1, 0.15) is 11.4 Å². The van der Waals surface area contributed by atoms with E-state index in [0.717, 1.165) is 16.7 Å². The van der Waals surface area contributed by atoms with Gasteiger partial charge in [0, 0.05) is 25.2 Å². The van der Waals surface area contributed by atoms with Crippen molar-refractivity contribution in [2.75, 3.05) is 0 Å². The van der Waals surface area contributed by atoms with Crippen LogP contribution in [-0.2, 0) is 19.3 Å². The normalized spacial score (nSPS) is 10.0. The van der Waals surface area contributed by atoms with Gasteiger partial charge < -0.3 is 10.3 Å². The first-order valence-electron chi connectivity index (χ1n) is 4.91. The summed E-state index contributed by atoms with van der Waals surface area (Å²) in [5, 5.41) is 8.95. The maximum absolute atomic E-state index is 5.53. The molecule has 0 saturated carbocycles. The maximum Gasteiger partial charge on any atom is 0.191 e. The van der Waals surface area contributed by atoms with E-state index < -0.39 is 0 Å². The minimum absolute atomic E-state index is 0. The van der Waals surface area contributed by atoms with Gasteiger partial charge in [0.05, 0.1) is 6.54 Å². The SMILES string of the molecule is Cl.Cn1c(CN)nnc1SCc1cccnc1. The summed E-state index contributed by atoms with van der Waals surface area (Å²) in [5.74, 6) is 1.64. The van der Waals surface area contributed by atoms with E-state index in [-0.39, 0.29) is 12.4 Å². The van der Waals surface area contributed by atoms with Crippen molar-refractivity contribution in [1.29, 1.82) is 0 Å². The quantitative estimate of drug-likeness (QED) is 0.851. The molecular formula is C10H14ClN5S. The van der Waals surface area contributed by atoms with Crippen molar-refractivity contribution < 1.29 is 0 Å². The van der Waals surface area contributed by atoms with E-state index in [0.29, 0.717) is 6.54 Å². The predicted octanol–water partition coefficient (Wildman–Crippen LogP) is 1.38. The van der Waals surface area contributed by atoms with Crippen molar-refractivity contribution in [3.8, 4) is 0 Å². The standard InChI is InChI=1S/C10H13N5S.ClH/c1-15-9(5-11)13-14-10(15)16-7-8-3-2-4-12-6-8;/h2-4,6H,5,7,11H2,1H3;1H. The number of hydrogen-bond donors (Lipinski definition) is 1. The molecule has 0 atom stereocenters. The Morgan fingerprint density at radius 1 is 1.41 bits per heavy atom. The van der Waals surface area contributed by atoms with E-state index in [4.69, 9.17) is 5.73 Å². The summed E-state index contributed by atoms with van der Waals surface area (Å²) in [6.45, 7) is 0.414. The second kappa shape index (κ2) is 6.58. The van der Waals surface area contributed by atoms with E-state index >= 15 is 0 Å². The van der Waals surface area contributed by atoms with Gasteiger partial charge in [-0.2, -0.15) is 0 Å². The molecule has 0 aliphatic carbocycles. The second-order valence-electron chi connectivity index (χ2n) is 3.31. The van der Waals surface area contributed by atoms with Gasteiger partial charge in [0.25, 0.3) is 0 Å². The van der Waals surface area contributed by atoms with Crippen LogP contribution in [0.15, 0.2) is 29.7 Å². The summed E-state index contributed by atoms with van der Waals surface area (Å²) in [6, 6.07) is 3.97. The number of pyridine rings is 1. The van der Waals surface area contributed by atoms with E-state index in [1.54, 1.807) is 18.0 Å². The van der Waals surface area contributed by atoms with Gasteiger partial charge in [-0.1, -0.05) is 17.8 Å². The number of thioether (sulfide) groups is 1. The smallest absolute Gasteiger partial charge is 0.191 e. The second-order valence-corrected chi connectivity index (χ2v) is 4.25. The Kier molecular flexibility index (Phi) is 5.40. The molecule has 0 amide bonds. The highest BCUT2D eigenvalue weighted by Crippen LogP contribution is 2.20. The molecule has 2 rings (SSSR count). The van der Waals surface area contributed by atoms with Crippen LogP contribution in [0.5, 0.6) is 0 Å². The Labute approximate surface area is 110 Å². The highest BCUT2D eigenvalue weighted by atomic mass is 35.5. The summed E-state index contributed by atoms with van der Waals surface area (Å²) in [6.07, 6.45) is 3.62. The van der Waals surface area contributed by atoms with Crippen LogP contribution in [0.2, 0.25) is 0 Å². The van der Waals surface area contributed by atoms with Gasteiger partial charge in [0.1, 0.15) is 5.82 Å². The molecular weight excluding hydrogens is 258 g/mol. The molecule has 0 saturated heterocycles. The van der Waals surface area contributed by atoms with Gasteiger partial charge in [-0.25, -0.2) is 0 Å². The van der Waals surface area contributed by atoms with Crippen molar-refractivity contribution in [1.82, 2.24) is 19.7 Å². The average molecular weight is 272 g/mol. The first-order chi connectivity index (χ1) is 7.81. The number of aromatic nitrogens is 4. The molecule has 0 aliphatic rings. The summed E-state index contributed by atoms with van der Waals surface area (Å²) >= 11 is 1.63. The van der Waals surface area contributed by atoms with Gasteiger partial charge in [-0.3, -0.25) is 4.98 Å². The lowest BCUT2D eigenvalue weighted by atomic mass is 10.3. The topological polar surface area (TPSA) is 69.6 Å². The third-order valence-electron chi connectivity index (χ3n) is 2.20. The molecule has 0 aromatic carbocycles. The first-order valence-corrected chi connectivity index (χ1v) is 5.90. The lowest BCUT2D eigenvalue weighted by Crippen LogP contribution is -2.05. The Morgan fingerprint density at radius 3 is 2.82 bits per heavy atom. The van der Waals surface area contributed by atoms with Crippen LogP contribution in [0, 0.1) is 0 Å². The van der Waals surface area contributed by atoms with Crippen molar-refractivity contribution in [3.05, 3.63) is 35.9 Å². The number of rotatable bonds is 4. The van der Waals surface area contributed by atoms with Crippen molar-refractivity contribution in [3.63, 3.8) is 0 Å². The monoisotopic (exact) mass is 271 g/mol. The zero-order valence-electron chi connectivity index (χ0n) is 9.41. The van der Waals surface area contributed by atoms with E-state index in [1.807, 2.05) is 29.9 Å². The minimum atomic E-state index is 0. The number of nitrogens with zero attached hydrogens (tertiary/aromatic N) is 4. The molecule has 5 nitrogen and oxygen atoms in total. The largest absolute Gasteiger partial charge is 0.324 e. The number of nitrogens with two attached hydrogens (primary N) is 1. The van der Waals surface area contributed by atoms with Crippen LogP contribution >= 0.6 is 24.2 Å². The first kappa shape index (κ1) is 14.0. The number of halogens is 1. The van der Waals surface area contributed by atoms with Crippen LogP contribution in [-0.4, -0.2) is 19.7 Å². The summed E-state index contributed by atoms with van der Waals surface area (Å²) in [5.41, 5.74) is 6.70. The average Bonchev–Trinajstić information content (AvgIpc) is 2.69. The van der Waals surface area contributed by atoms with E-state index in [2.05, 4.69) is 15.2 Å². The predicted molar refractivity (Wildman–Crippen MR) is 69.9 cm³/mol. The zero-order chi connectivity index (χ0) is 11.4. The van der Waals surface area contributed by atoms with Crippen LogP contribution in [0.3, 0.4) is 0 Å². The molecule has 7 heteroatoms. The van der Waals surface area contributed by atoms with Crippen LogP contribution < -0.4 is 5.73 Å². The molecule has 0 radical (unpaired) electrons. The van der Waals surface area contributed by atoms with Crippen molar-refractivity contribution in [2.45, 2.75) is 17.5 Å². The number of hydrogen-bond acceptors (Lipinski definition) is 5. The zero-order valence-corrected chi connectivity index (χ0v) is 11.0. The van der Waals surface area contributed by atoms with E-state index in [9.17, 15) is 0 Å². The molecule has 2 aromatic rings. The molecule has 0 spiro atoms. The third-order valence-corrected chi connectivity index (χ3v) is 3.29. The summed E-state index contributed by atoms with van der Waals surface area (Å²) in [4.78, 5) is 4.06. The molecule has 0 bridgehead atoms. The van der Waals surface area contributed by atoms with Gasteiger partial charge in [-0.05, 0) is 11.6 Å². The van der Waals surface area contributed by atoms with Gasteiger partial charge in [-0.15, -0.1) is 22.6 Å². The Bertz CT molecular complexity index is 459. The Hall–Kier alpha value is -1.11. The van der Waals surface area contributed by atoms with Crippen LogP contribution in [0.25, 0.3) is 0 Å². The fraction of sp³-hybridized carbons (Fsp3) is 0.300. The maximum atomic E-state index is 5.53. The highest BCUT2D eigenvalue weighted by molar-refractivity contribution is 7.98. The molecule has 0 fully saturated rings. The van der Waals surface area contributed by atoms with Gasteiger partial charge >= 0.3 is 0 Å². The Morgan fingerprint density at radius 2 is 2.24 bits per heavy atom.